The maximum atomic E-state index is 12.0. The van der Waals surface area contributed by atoms with Gasteiger partial charge in [-0.15, -0.1) is 0 Å². The second-order valence-electron chi connectivity index (χ2n) is 5.45. The molecule has 0 saturated heterocycles. The Hall–Kier alpha value is -2.82. The third-order valence-corrected chi connectivity index (χ3v) is 5.83. The lowest BCUT2D eigenvalue weighted by molar-refractivity contribution is -0.123. The fraction of sp³-hybridized carbons (Fsp3) is 0.118. The van der Waals surface area contributed by atoms with Crippen molar-refractivity contribution in [1.82, 2.24) is 15.0 Å². The van der Waals surface area contributed by atoms with Gasteiger partial charge >= 0.3 is 0 Å². The van der Waals surface area contributed by atoms with Gasteiger partial charge < -0.3 is 10.6 Å². The van der Waals surface area contributed by atoms with Gasteiger partial charge in [0.2, 0.25) is 21.8 Å². The van der Waals surface area contributed by atoms with E-state index in [2.05, 4.69) is 20.3 Å². The van der Waals surface area contributed by atoms with Crippen LogP contribution in [0, 0.1) is 0 Å². The molecule has 0 fully saturated rings. The number of aromatic nitrogens is 1. The molecule has 0 aliphatic rings. The standard InChI is InChI=1S/C17H16N4O4S2/c22-15(11-19-27(24,25)12-6-2-1-3-7-12)18-10-16(23)21-17-20-13-8-4-5-9-14(13)26-17/h1-9,19H,10-11H2,(H,18,22)(H,20,21,23). The third-order valence-electron chi connectivity index (χ3n) is 3.46. The van der Waals surface area contributed by atoms with Crippen LogP contribution in [0.1, 0.15) is 0 Å². The Balaban J connectivity index is 1.46. The number of nitrogens with zero attached hydrogens (tertiary/aromatic N) is 1. The first-order valence-electron chi connectivity index (χ1n) is 7.91. The molecular formula is C17H16N4O4S2. The summed E-state index contributed by atoms with van der Waals surface area (Å²) in [6.45, 7) is -0.756. The largest absolute Gasteiger partial charge is 0.346 e. The summed E-state index contributed by atoms with van der Waals surface area (Å²) in [5, 5.41) is 5.39. The summed E-state index contributed by atoms with van der Waals surface area (Å²) in [5.74, 6) is -1.07. The number of sulfonamides is 1. The molecular weight excluding hydrogens is 388 g/mol. The number of hydrogen-bond acceptors (Lipinski definition) is 6. The van der Waals surface area contributed by atoms with E-state index >= 15 is 0 Å². The molecule has 8 nitrogen and oxygen atoms in total. The molecule has 0 unspecified atom stereocenters. The van der Waals surface area contributed by atoms with Crippen LogP contribution in [0.2, 0.25) is 0 Å². The number of hydrogen-bond donors (Lipinski definition) is 3. The predicted octanol–water partition coefficient (Wildman–Crippen LogP) is 1.33. The van der Waals surface area contributed by atoms with Crippen molar-refractivity contribution in [2.45, 2.75) is 4.90 Å². The van der Waals surface area contributed by atoms with Gasteiger partial charge in [0.25, 0.3) is 0 Å². The Labute approximate surface area is 159 Å². The van der Waals surface area contributed by atoms with Crippen LogP contribution < -0.4 is 15.4 Å². The van der Waals surface area contributed by atoms with Crippen molar-refractivity contribution < 1.29 is 18.0 Å². The Bertz CT molecular complexity index is 1030. The Morgan fingerprint density at radius 3 is 2.37 bits per heavy atom. The first kappa shape index (κ1) is 19.0. The van der Waals surface area contributed by atoms with Gasteiger partial charge in [-0.25, -0.2) is 18.1 Å². The minimum absolute atomic E-state index is 0.0615. The smallest absolute Gasteiger partial charge is 0.245 e. The number of amides is 2. The number of thiazole rings is 1. The maximum Gasteiger partial charge on any atom is 0.245 e. The molecule has 3 rings (SSSR count). The fourth-order valence-corrected chi connectivity index (χ4v) is 4.06. The fourth-order valence-electron chi connectivity index (χ4n) is 2.17. The van der Waals surface area contributed by atoms with E-state index in [0.29, 0.717) is 5.13 Å². The first-order valence-corrected chi connectivity index (χ1v) is 10.2. The monoisotopic (exact) mass is 404 g/mol. The highest BCUT2D eigenvalue weighted by Crippen LogP contribution is 2.25. The Kier molecular flexibility index (Phi) is 5.79. The number of nitrogens with one attached hydrogen (secondary N) is 3. The number of para-hydroxylation sites is 1. The van der Waals surface area contributed by atoms with Gasteiger partial charge in [-0.3, -0.25) is 9.59 Å². The Morgan fingerprint density at radius 1 is 0.926 bits per heavy atom. The molecule has 0 radical (unpaired) electrons. The summed E-state index contributed by atoms with van der Waals surface area (Å²) < 4.78 is 27.2. The van der Waals surface area contributed by atoms with Crippen LogP contribution in [0.25, 0.3) is 10.2 Å². The summed E-state index contributed by atoms with van der Waals surface area (Å²) in [7, 11) is -3.78. The minimum atomic E-state index is -3.78. The number of carbonyl (C=O) groups is 2. The van der Waals surface area contributed by atoms with Crippen molar-refractivity contribution >= 4 is 48.5 Å². The van der Waals surface area contributed by atoms with Crippen molar-refractivity contribution in [1.29, 1.82) is 0 Å². The summed E-state index contributed by atoms with van der Waals surface area (Å²) >= 11 is 1.32. The van der Waals surface area contributed by atoms with Crippen molar-refractivity contribution in [2.24, 2.45) is 0 Å². The molecule has 1 aromatic heterocycles. The van der Waals surface area contributed by atoms with Crippen molar-refractivity contribution in [3.05, 3.63) is 54.6 Å². The average molecular weight is 404 g/mol. The van der Waals surface area contributed by atoms with Gasteiger partial charge in [0.1, 0.15) is 0 Å². The van der Waals surface area contributed by atoms with Gasteiger partial charge in [0.05, 0.1) is 28.2 Å². The zero-order chi connectivity index (χ0) is 19.3. The molecule has 10 heteroatoms. The van der Waals surface area contributed by atoms with Crippen LogP contribution in [0.5, 0.6) is 0 Å². The minimum Gasteiger partial charge on any atom is -0.346 e. The second-order valence-corrected chi connectivity index (χ2v) is 8.25. The highest BCUT2D eigenvalue weighted by atomic mass is 32.2. The van der Waals surface area contributed by atoms with Gasteiger partial charge in [-0.1, -0.05) is 41.7 Å². The predicted molar refractivity (Wildman–Crippen MR) is 103 cm³/mol. The van der Waals surface area contributed by atoms with E-state index in [0.717, 1.165) is 10.2 Å². The van der Waals surface area contributed by atoms with E-state index in [1.807, 2.05) is 24.3 Å². The van der Waals surface area contributed by atoms with E-state index in [9.17, 15) is 18.0 Å². The topological polar surface area (TPSA) is 117 Å². The summed E-state index contributed by atoms with van der Waals surface area (Å²) in [6, 6.07) is 15.2. The van der Waals surface area contributed by atoms with E-state index in [-0.39, 0.29) is 11.4 Å². The van der Waals surface area contributed by atoms with Crippen LogP contribution in [0.15, 0.2) is 59.5 Å². The molecule has 2 amide bonds. The molecule has 1 heterocycles. The van der Waals surface area contributed by atoms with Gasteiger partial charge in [-0.05, 0) is 24.3 Å². The first-order chi connectivity index (χ1) is 12.9. The molecule has 0 bridgehead atoms. The number of fused-ring (bicyclic) bond motifs is 1. The number of anilines is 1. The molecule has 0 saturated carbocycles. The maximum absolute atomic E-state index is 12.0. The molecule has 0 atom stereocenters. The summed E-state index contributed by atoms with van der Waals surface area (Å²) in [4.78, 5) is 28.0. The molecule has 0 spiro atoms. The number of carbonyl (C=O) groups excluding carboxylic acids is 2. The van der Waals surface area contributed by atoms with Crippen LogP contribution in [-0.4, -0.2) is 38.3 Å². The molecule has 140 valence electrons. The SMILES string of the molecule is O=C(CNS(=O)(=O)c1ccccc1)NCC(=O)Nc1nc2ccccc2s1. The second kappa shape index (κ2) is 8.25. The van der Waals surface area contributed by atoms with Crippen LogP contribution >= 0.6 is 11.3 Å². The zero-order valence-corrected chi connectivity index (χ0v) is 15.6. The molecule has 3 aromatic rings. The highest BCUT2D eigenvalue weighted by molar-refractivity contribution is 7.89. The molecule has 0 aliphatic heterocycles. The lowest BCUT2D eigenvalue weighted by Gasteiger charge is -2.07. The van der Waals surface area contributed by atoms with Gasteiger partial charge in [0, 0.05) is 0 Å². The summed E-state index contributed by atoms with van der Waals surface area (Å²) in [5.41, 5.74) is 0.775. The van der Waals surface area contributed by atoms with E-state index in [1.54, 1.807) is 18.2 Å². The normalized spacial score (nSPS) is 11.3. The number of rotatable bonds is 7. The quantitative estimate of drug-likeness (QED) is 0.549. The van der Waals surface area contributed by atoms with E-state index < -0.39 is 28.4 Å². The molecule has 2 aromatic carbocycles. The third kappa shape index (κ3) is 5.09. The van der Waals surface area contributed by atoms with Crippen LogP contribution in [0.4, 0.5) is 5.13 Å². The molecule has 0 aliphatic carbocycles. The van der Waals surface area contributed by atoms with Crippen molar-refractivity contribution in [3.63, 3.8) is 0 Å². The van der Waals surface area contributed by atoms with E-state index in [4.69, 9.17) is 0 Å². The Morgan fingerprint density at radius 2 is 1.63 bits per heavy atom. The van der Waals surface area contributed by atoms with Crippen LogP contribution in [0.3, 0.4) is 0 Å². The average Bonchev–Trinajstić information content (AvgIpc) is 3.07. The lowest BCUT2D eigenvalue weighted by Crippen LogP contribution is -2.40. The van der Waals surface area contributed by atoms with Crippen molar-refractivity contribution in [3.8, 4) is 0 Å². The van der Waals surface area contributed by atoms with Gasteiger partial charge in [-0.2, -0.15) is 0 Å². The zero-order valence-electron chi connectivity index (χ0n) is 14.0. The summed E-state index contributed by atoms with van der Waals surface area (Å²) in [6.07, 6.45) is 0. The number of benzene rings is 2. The van der Waals surface area contributed by atoms with E-state index in [1.165, 1.54) is 23.5 Å². The van der Waals surface area contributed by atoms with Gasteiger partial charge in [0.15, 0.2) is 5.13 Å². The molecule has 3 N–H and O–H groups in total. The van der Waals surface area contributed by atoms with Crippen molar-refractivity contribution in [2.75, 3.05) is 18.4 Å². The highest BCUT2D eigenvalue weighted by Gasteiger charge is 2.15. The van der Waals surface area contributed by atoms with Crippen LogP contribution in [-0.2, 0) is 19.6 Å². The lowest BCUT2D eigenvalue weighted by atomic mass is 10.3. The molecule has 27 heavy (non-hydrogen) atoms.